The molecule has 7 heteroatoms. The maximum absolute atomic E-state index is 12.0. The van der Waals surface area contributed by atoms with Crippen molar-refractivity contribution in [3.8, 4) is 0 Å². The summed E-state index contributed by atoms with van der Waals surface area (Å²) in [5, 5.41) is 11.6. The Morgan fingerprint density at radius 3 is 2.52 bits per heavy atom. The molecule has 2 aliphatic rings. The Balaban J connectivity index is 2.53. The van der Waals surface area contributed by atoms with E-state index in [0.29, 0.717) is 11.3 Å². The number of carboxylic acids is 1. The Bertz CT molecular complexity index is 596. The lowest BCUT2D eigenvalue weighted by Crippen LogP contribution is -2.40. The van der Waals surface area contributed by atoms with Crippen molar-refractivity contribution in [1.29, 1.82) is 0 Å². The van der Waals surface area contributed by atoms with Gasteiger partial charge in [0.1, 0.15) is 0 Å². The Labute approximate surface area is 121 Å². The van der Waals surface area contributed by atoms with Gasteiger partial charge in [0.05, 0.1) is 11.3 Å². The quantitative estimate of drug-likeness (QED) is 0.757. The number of nitrogens with one attached hydrogen (secondary N) is 1. The normalized spacial score (nSPS) is 19.2. The van der Waals surface area contributed by atoms with Gasteiger partial charge in [-0.2, -0.15) is 0 Å². The van der Waals surface area contributed by atoms with Crippen LogP contribution < -0.4 is 5.32 Å². The van der Waals surface area contributed by atoms with Gasteiger partial charge in [0, 0.05) is 33.5 Å². The third-order valence-electron chi connectivity index (χ3n) is 3.29. The summed E-state index contributed by atoms with van der Waals surface area (Å²) in [4.78, 5) is 24.4. The summed E-state index contributed by atoms with van der Waals surface area (Å²) >= 11 is 0. The highest BCUT2D eigenvalue weighted by molar-refractivity contribution is 5.93. The summed E-state index contributed by atoms with van der Waals surface area (Å²) in [5.41, 5.74) is 1.09. The number of carbonyl (C=O) groups excluding carboxylic acids is 1. The van der Waals surface area contributed by atoms with Gasteiger partial charge in [-0.3, -0.25) is 4.90 Å². The minimum absolute atomic E-state index is 0.0118. The molecule has 7 nitrogen and oxygen atoms in total. The summed E-state index contributed by atoms with van der Waals surface area (Å²) in [6.45, 7) is 0. The molecule has 0 fully saturated rings. The second-order valence-electron chi connectivity index (χ2n) is 4.41. The van der Waals surface area contributed by atoms with E-state index in [4.69, 9.17) is 14.6 Å². The van der Waals surface area contributed by atoms with E-state index in [0.717, 1.165) is 0 Å². The first-order valence-electron chi connectivity index (χ1n) is 6.17. The molecular formula is C14H16N2O5. The van der Waals surface area contributed by atoms with Crippen molar-refractivity contribution in [2.24, 2.45) is 0 Å². The molecular weight excluding hydrogens is 276 g/mol. The number of methoxy groups -OCH3 is 2. The van der Waals surface area contributed by atoms with Crippen LogP contribution in [0.25, 0.3) is 0 Å². The van der Waals surface area contributed by atoms with E-state index in [2.05, 4.69) is 5.32 Å². The van der Waals surface area contributed by atoms with Crippen LogP contribution in [0.2, 0.25) is 0 Å². The third kappa shape index (κ3) is 2.61. The van der Waals surface area contributed by atoms with Crippen LogP contribution in [-0.4, -0.2) is 49.1 Å². The van der Waals surface area contributed by atoms with Crippen molar-refractivity contribution in [1.82, 2.24) is 10.2 Å². The molecule has 0 radical (unpaired) electrons. The highest BCUT2D eigenvalue weighted by atomic mass is 16.7. The number of fused-ring (bicyclic) bond motifs is 1. The van der Waals surface area contributed by atoms with Crippen molar-refractivity contribution in [2.45, 2.75) is 5.79 Å². The minimum Gasteiger partial charge on any atom is -0.478 e. The summed E-state index contributed by atoms with van der Waals surface area (Å²) in [6.07, 6.45) is 7.66. The number of aliphatic carboxylic acids is 1. The number of carboxylic acid groups (broad SMARTS) is 1. The number of nitrogens with zero attached hydrogens (tertiary/aromatic N) is 1. The van der Waals surface area contributed by atoms with Crippen molar-refractivity contribution >= 4 is 12.0 Å². The number of hydrogen-bond donors (Lipinski definition) is 2. The molecule has 0 bridgehead atoms. The number of hydrogen-bond acceptors (Lipinski definition) is 4. The fraction of sp³-hybridized carbons (Fsp3) is 0.286. The largest absolute Gasteiger partial charge is 0.478 e. The molecule has 1 heterocycles. The topological polar surface area (TPSA) is 88.1 Å². The number of allylic oxidation sites excluding steroid dienone is 1. The Morgan fingerprint density at radius 1 is 1.33 bits per heavy atom. The third-order valence-corrected chi connectivity index (χ3v) is 3.29. The molecule has 0 aromatic rings. The fourth-order valence-electron chi connectivity index (χ4n) is 2.10. The van der Waals surface area contributed by atoms with Gasteiger partial charge in [-0.05, 0) is 17.7 Å². The zero-order chi connectivity index (χ0) is 15.6. The molecule has 2 amide bonds. The molecule has 0 unspecified atom stereocenters. The second kappa shape index (κ2) is 5.55. The summed E-state index contributed by atoms with van der Waals surface area (Å²) < 4.78 is 10.6. The molecule has 1 aliphatic heterocycles. The first-order chi connectivity index (χ1) is 9.96. The zero-order valence-corrected chi connectivity index (χ0v) is 11.9. The summed E-state index contributed by atoms with van der Waals surface area (Å²) in [6, 6.07) is -0.456. The van der Waals surface area contributed by atoms with Crippen LogP contribution in [0.5, 0.6) is 0 Å². The van der Waals surface area contributed by atoms with Crippen LogP contribution in [0, 0.1) is 0 Å². The van der Waals surface area contributed by atoms with Gasteiger partial charge in [0.15, 0.2) is 0 Å². The van der Waals surface area contributed by atoms with Crippen molar-refractivity contribution < 1.29 is 24.2 Å². The Kier molecular flexibility index (Phi) is 3.97. The molecule has 0 aromatic carbocycles. The van der Waals surface area contributed by atoms with Crippen molar-refractivity contribution in [2.75, 3.05) is 21.3 Å². The Morgan fingerprint density at radius 2 is 2.00 bits per heavy atom. The van der Waals surface area contributed by atoms with Gasteiger partial charge >= 0.3 is 12.0 Å². The van der Waals surface area contributed by atoms with E-state index in [1.165, 1.54) is 38.4 Å². The van der Waals surface area contributed by atoms with Crippen LogP contribution in [-0.2, 0) is 14.3 Å². The number of urea groups is 1. The van der Waals surface area contributed by atoms with Gasteiger partial charge < -0.3 is 19.9 Å². The SMILES string of the molecule is CNC(=O)N1C=C(C(=O)O)C=C2C=CC(OC)(OC)C=C21. The number of carbonyl (C=O) groups is 2. The van der Waals surface area contributed by atoms with E-state index in [1.807, 2.05) is 0 Å². The predicted octanol–water partition coefficient (Wildman–Crippen LogP) is 0.979. The lowest BCUT2D eigenvalue weighted by atomic mass is 9.96. The maximum atomic E-state index is 12.0. The first kappa shape index (κ1) is 15.0. The highest BCUT2D eigenvalue weighted by Gasteiger charge is 2.33. The standard InChI is InChI=1S/C14H16N2O5/c1-15-13(19)16-8-10(12(17)18)6-9-4-5-14(20-2,21-3)7-11(9)16/h4-8H,1-3H3,(H,15,19)(H,17,18). The van der Waals surface area contributed by atoms with Crippen LogP contribution in [0.3, 0.4) is 0 Å². The number of ether oxygens (including phenoxy) is 2. The molecule has 2 N–H and O–H groups in total. The Hall–Kier alpha value is -2.38. The fourth-order valence-corrected chi connectivity index (χ4v) is 2.10. The molecule has 21 heavy (non-hydrogen) atoms. The number of amides is 2. The van der Waals surface area contributed by atoms with Gasteiger partial charge in [0.25, 0.3) is 0 Å². The lowest BCUT2D eigenvalue weighted by Gasteiger charge is -2.34. The van der Waals surface area contributed by atoms with E-state index < -0.39 is 17.8 Å². The minimum atomic E-state index is -1.11. The maximum Gasteiger partial charge on any atom is 0.337 e. The molecule has 0 spiro atoms. The van der Waals surface area contributed by atoms with E-state index >= 15 is 0 Å². The first-order valence-corrected chi connectivity index (χ1v) is 6.17. The molecule has 0 atom stereocenters. The summed E-state index contributed by atoms with van der Waals surface area (Å²) in [7, 11) is 4.42. The molecule has 1 aliphatic carbocycles. The smallest absolute Gasteiger partial charge is 0.337 e. The van der Waals surface area contributed by atoms with E-state index in [9.17, 15) is 9.59 Å². The summed E-state index contributed by atoms with van der Waals surface area (Å²) in [5.74, 6) is -2.20. The van der Waals surface area contributed by atoms with E-state index in [-0.39, 0.29) is 5.57 Å². The zero-order valence-electron chi connectivity index (χ0n) is 11.9. The number of rotatable bonds is 3. The van der Waals surface area contributed by atoms with Crippen molar-refractivity contribution in [3.63, 3.8) is 0 Å². The monoisotopic (exact) mass is 292 g/mol. The molecule has 0 aromatic heterocycles. The van der Waals surface area contributed by atoms with Crippen LogP contribution in [0.1, 0.15) is 0 Å². The van der Waals surface area contributed by atoms with Crippen LogP contribution in [0.4, 0.5) is 4.79 Å². The molecule has 0 saturated carbocycles. The van der Waals surface area contributed by atoms with Crippen LogP contribution >= 0.6 is 0 Å². The molecule has 112 valence electrons. The second-order valence-corrected chi connectivity index (χ2v) is 4.41. The van der Waals surface area contributed by atoms with Gasteiger partial charge in [-0.25, -0.2) is 9.59 Å². The average molecular weight is 292 g/mol. The lowest BCUT2D eigenvalue weighted by molar-refractivity contribution is -0.134. The highest BCUT2D eigenvalue weighted by Crippen LogP contribution is 2.33. The predicted molar refractivity (Wildman–Crippen MR) is 74.1 cm³/mol. The average Bonchev–Trinajstić information content (AvgIpc) is 2.52. The van der Waals surface area contributed by atoms with Gasteiger partial charge in [0.2, 0.25) is 5.79 Å². The van der Waals surface area contributed by atoms with Crippen molar-refractivity contribution in [3.05, 3.63) is 47.3 Å². The molecule has 2 rings (SSSR count). The van der Waals surface area contributed by atoms with Gasteiger partial charge in [-0.1, -0.05) is 6.08 Å². The van der Waals surface area contributed by atoms with Gasteiger partial charge in [-0.15, -0.1) is 0 Å². The van der Waals surface area contributed by atoms with Crippen LogP contribution in [0.15, 0.2) is 47.3 Å². The molecule has 0 saturated heterocycles. The van der Waals surface area contributed by atoms with E-state index in [1.54, 1.807) is 18.2 Å².